The van der Waals surface area contributed by atoms with Crippen molar-refractivity contribution in [2.75, 3.05) is 26.2 Å². The minimum Gasteiger partial charge on any atom is -0.370 e. The van der Waals surface area contributed by atoms with Gasteiger partial charge >= 0.3 is 0 Å². The summed E-state index contributed by atoms with van der Waals surface area (Å²) in [4.78, 5) is 19.2. The monoisotopic (exact) mass is 386 g/mol. The first kappa shape index (κ1) is 19.6. The number of nitrogens with zero attached hydrogens (tertiary/aromatic N) is 3. The van der Waals surface area contributed by atoms with Crippen LogP contribution in [0.4, 0.5) is 0 Å². The first-order valence-corrected chi connectivity index (χ1v) is 10.9. The second kappa shape index (κ2) is 8.37. The Hall–Kier alpha value is -1.66. The largest absolute Gasteiger partial charge is 0.370 e. The Bertz CT molecular complexity index is 715. The highest BCUT2D eigenvalue weighted by molar-refractivity contribution is 5.75. The molecule has 4 heterocycles. The molecule has 3 aliphatic rings. The van der Waals surface area contributed by atoms with E-state index in [0.29, 0.717) is 24.4 Å². The van der Waals surface area contributed by atoms with Gasteiger partial charge < -0.3 is 14.6 Å². The number of carbonyl (C=O) groups is 1. The number of hydrogen-bond donors (Lipinski definition) is 1. The van der Waals surface area contributed by atoms with Crippen LogP contribution in [0.2, 0.25) is 0 Å². The van der Waals surface area contributed by atoms with Gasteiger partial charge in [-0.3, -0.25) is 9.69 Å². The number of aromatic nitrogens is 2. The van der Waals surface area contributed by atoms with Crippen molar-refractivity contribution < 1.29 is 9.53 Å². The number of amides is 1. The summed E-state index contributed by atoms with van der Waals surface area (Å²) in [7, 11) is 2.06. The lowest BCUT2D eigenvalue weighted by Gasteiger charge is -2.29. The van der Waals surface area contributed by atoms with Gasteiger partial charge in [0.05, 0.1) is 11.7 Å². The molecule has 28 heavy (non-hydrogen) atoms. The molecule has 3 aliphatic heterocycles. The summed E-state index contributed by atoms with van der Waals surface area (Å²) in [5, 5.41) is 3.20. The zero-order valence-electron chi connectivity index (χ0n) is 17.3. The number of carbonyl (C=O) groups excluding carboxylic acids is 1. The maximum Gasteiger partial charge on any atom is 0.220 e. The molecule has 2 bridgehead atoms. The third kappa shape index (κ3) is 3.90. The molecule has 4 atom stereocenters. The van der Waals surface area contributed by atoms with Crippen molar-refractivity contribution in [1.82, 2.24) is 19.8 Å². The van der Waals surface area contributed by atoms with Crippen molar-refractivity contribution in [3.63, 3.8) is 0 Å². The molecule has 1 N–H and O–H groups in total. The zero-order chi connectivity index (χ0) is 19.6. The zero-order valence-corrected chi connectivity index (χ0v) is 17.3. The van der Waals surface area contributed by atoms with E-state index >= 15 is 0 Å². The Morgan fingerprint density at radius 3 is 3.18 bits per heavy atom. The SMILES string of the molecule is CC=CCCCC(=O)NC[C@H]1[C@H]2CN(CCc3nccn3C)C[C@]23CC[C@H]1O3. The van der Waals surface area contributed by atoms with E-state index in [1.54, 1.807) is 0 Å². The maximum atomic E-state index is 12.2. The Morgan fingerprint density at radius 1 is 1.50 bits per heavy atom. The number of unbranched alkanes of at least 4 members (excludes halogenated alkanes) is 1. The van der Waals surface area contributed by atoms with Crippen LogP contribution >= 0.6 is 0 Å². The number of imidazole rings is 1. The molecule has 0 radical (unpaired) electrons. The lowest BCUT2D eigenvalue weighted by molar-refractivity contribution is -0.121. The number of ether oxygens (including phenoxy) is 1. The number of nitrogens with one attached hydrogen (secondary N) is 1. The average molecular weight is 387 g/mol. The Labute approximate surface area is 168 Å². The van der Waals surface area contributed by atoms with Crippen LogP contribution in [0.5, 0.6) is 0 Å². The number of likely N-dealkylation sites (tertiary alicyclic amines) is 1. The van der Waals surface area contributed by atoms with Crippen LogP contribution in [0.15, 0.2) is 24.5 Å². The van der Waals surface area contributed by atoms with Gasteiger partial charge in [0, 0.05) is 70.3 Å². The number of allylic oxidation sites excluding steroid dienone is 2. The van der Waals surface area contributed by atoms with Gasteiger partial charge in [-0.05, 0) is 32.6 Å². The van der Waals surface area contributed by atoms with Gasteiger partial charge in [-0.25, -0.2) is 4.98 Å². The van der Waals surface area contributed by atoms with Crippen LogP contribution in [0.3, 0.4) is 0 Å². The van der Waals surface area contributed by atoms with Gasteiger partial charge in [0.1, 0.15) is 5.82 Å². The molecule has 4 rings (SSSR count). The Morgan fingerprint density at radius 2 is 2.39 bits per heavy atom. The molecule has 6 heteroatoms. The molecular formula is C22H34N4O2. The molecular weight excluding hydrogens is 352 g/mol. The van der Waals surface area contributed by atoms with E-state index in [4.69, 9.17) is 4.74 Å². The molecule has 1 spiro atoms. The highest BCUT2D eigenvalue weighted by Crippen LogP contribution is 2.54. The van der Waals surface area contributed by atoms with Crippen LogP contribution in [0.25, 0.3) is 0 Å². The fourth-order valence-corrected chi connectivity index (χ4v) is 5.49. The quantitative estimate of drug-likeness (QED) is 0.523. The molecule has 0 unspecified atom stereocenters. The minimum atomic E-state index is 0.0353. The lowest BCUT2D eigenvalue weighted by atomic mass is 9.73. The first-order chi connectivity index (χ1) is 13.6. The fraction of sp³-hybridized carbons (Fsp3) is 0.727. The van der Waals surface area contributed by atoms with E-state index < -0.39 is 0 Å². The van der Waals surface area contributed by atoms with Crippen LogP contribution < -0.4 is 5.32 Å². The summed E-state index contributed by atoms with van der Waals surface area (Å²) < 4.78 is 8.61. The number of rotatable bonds is 9. The highest BCUT2D eigenvalue weighted by atomic mass is 16.5. The standard InChI is InChI=1S/C22H34N4O2/c1-3-4-5-6-7-21(27)24-14-17-18-15-26(12-9-20-23-11-13-25(20)2)16-22(18)10-8-19(17)28-22/h3-4,11,13,17-19H,5-10,12,14-16H2,1-2H3,(H,24,27)/t17-,18+,19+,22+/m0/s1. The Kier molecular flexibility index (Phi) is 5.88. The number of hydrogen-bond acceptors (Lipinski definition) is 4. The summed E-state index contributed by atoms with van der Waals surface area (Å²) in [6.45, 7) is 5.94. The van der Waals surface area contributed by atoms with E-state index in [2.05, 4.69) is 32.9 Å². The summed E-state index contributed by atoms with van der Waals surface area (Å²) in [6.07, 6.45) is 14.2. The molecule has 1 aromatic heterocycles. The van der Waals surface area contributed by atoms with Gasteiger partial charge in [-0.15, -0.1) is 0 Å². The molecule has 6 nitrogen and oxygen atoms in total. The van der Waals surface area contributed by atoms with Crippen molar-refractivity contribution in [1.29, 1.82) is 0 Å². The van der Waals surface area contributed by atoms with Crippen LogP contribution in [-0.4, -0.2) is 58.2 Å². The molecule has 0 aromatic carbocycles. The third-order valence-electron chi connectivity index (χ3n) is 6.97. The normalized spacial score (nSPS) is 31.7. The highest BCUT2D eigenvalue weighted by Gasteiger charge is 2.62. The molecule has 0 saturated carbocycles. The topological polar surface area (TPSA) is 59.4 Å². The van der Waals surface area contributed by atoms with E-state index in [-0.39, 0.29) is 11.5 Å². The molecule has 1 aromatic rings. The van der Waals surface area contributed by atoms with Crippen LogP contribution in [0, 0.1) is 11.8 Å². The molecule has 3 saturated heterocycles. The summed E-state index contributed by atoms with van der Waals surface area (Å²) >= 11 is 0. The van der Waals surface area contributed by atoms with E-state index in [1.807, 2.05) is 25.4 Å². The predicted molar refractivity (Wildman–Crippen MR) is 109 cm³/mol. The summed E-state index contributed by atoms with van der Waals surface area (Å²) in [5.74, 6) is 2.34. The molecule has 3 fully saturated rings. The van der Waals surface area contributed by atoms with E-state index in [1.165, 1.54) is 6.42 Å². The predicted octanol–water partition coefficient (Wildman–Crippen LogP) is 2.30. The van der Waals surface area contributed by atoms with Gasteiger partial charge in [-0.2, -0.15) is 0 Å². The third-order valence-corrected chi connectivity index (χ3v) is 6.97. The molecule has 0 aliphatic carbocycles. The summed E-state index contributed by atoms with van der Waals surface area (Å²) in [6, 6.07) is 0. The minimum absolute atomic E-state index is 0.0353. The van der Waals surface area contributed by atoms with Gasteiger partial charge in [0.15, 0.2) is 0 Å². The lowest BCUT2D eigenvalue weighted by Crippen LogP contribution is -2.41. The number of aryl methyl sites for hydroxylation is 1. The average Bonchev–Trinajstić information content (AvgIpc) is 3.42. The van der Waals surface area contributed by atoms with E-state index in [9.17, 15) is 4.79 Å². The molecule has 1 amide bonds. The van der Waals surface area contributed by atoms with Gasteiger partial charge in [-0.1, -0.05) is 12.2 Å². The van der Waals surface area contributed by atoms with Crippen molar-refractivity contribution in [3.05, 3.63) is 30.4 Å². The van der Waals surface area contributed by atoms with Crippen LogP contribution in [0.1, 0.15) is 44.9 Å². The van der Waals surface area contributed by atoms with Gasteiger partial charge in [0.2, 0.25) is 5.91 Å². The summed E-state index contributed by atoms with van der Waals surface area (Å²) in [5.41, 5.74) is 0.0353. The molecule has 154 valence electrons. The Balaban J connectivity index is 1.28. The van der Waals surface area contributed by atoms with E-state index in [0.717, 1.165) is 57.7 Å². The van der Waals surface area contributed by atoms with Crippen molar-refractivity contribution in [2.24, 2.45) is 18.9 Å². The second-order valence-corrected chi connectivity index (χ2v) is 8.73. The maximum absolute atomic E-state index is 12.2. The number of fused-ring (bicyclic) bond motifs is 1. The van der Waals surface area contributed by atoms with Crippen molar-refractivity contribution >= 4 is 5.91 Å². The van der Waals surface area contributed by atoms with Gasteiger partial charge in [0.25, 0.3) is 0 Å². The fourth-order valence-electron chi connectivity index (χ4n) is 5.49. The second-order valence-electron chi connectivity index (χ2n) is 8.73. The van der Waals surface area contributed by atoms with Crippen LogP contribution in [-0.2, 0) is 23.0 Å². The first-order valence-electron chi connectivity index (χ1n) is 10.9. The smallest absolute Gasteiger partial charge is 0.220 e. The van der Waals surface area contributed by atoms with Crippen molar-refractivity contribution in [2.45, 2.75) is 57.2 Å². The van der Waals surface area contributed by atoms with Crippen molar-refractivity contribution in [3.8, 4) is 0 Å².